The monoisotopic (exact) mass is 825 g/mol. The van der Waals surface area contributed by atoms with Crippen molar-refractivity contribution < 1.29 is 67.8 Å². The highest BCUT2D eigenvalue weighted by Gasteiger charge is 2.76. The number of fused-ring (bicyclic) bond motifs is 5. The van der Waals surface area contributed by atoms with Crippen LogP contribution in [0.15, 0.2) is 102 Å². The number of nitrogens with one attached hydrogen (secondary N) is 1. The number of ether oxygens (including phenoxy) is 5. The third-order valence-electron chi connectivity index (χ3n) is 12.5. The van der Waals surface area contributed by atoms with E-state index < -0.39 is 114 Å². The Bertz CT molecular complexity index is 2200. The molecule has 4 N–H and O–H groups in total. The molecule has 60 heavy (non-hydrogen) atoms. The van der Waals surface area contributed by atoms with E-state index in [4.69, 9.17) is 23.7 Å². The highest BCUT2D eigenvalue weighted by Crippen LogP contribution is 2.61. The molecule has 2 bridgehead atoms. The zero-order chi connectivity index (χ0) is 43.1. The second-order valence-corrected chi connectivity index (χ2v) is 16.2. The van der Waals surface area contributed by atoms with Crippen LogP contribution in [0.25, 0.3) is 0 Å². The predicted octanol–water partition coefficient (Wildman–Crippen LogP) is 3.10. The van der Waals surface area contributed by atoms with Crippen LogP contribution in [0.1, 0.15) is 79.3 Å². The summed E-state index contributed by atoms with van der Waals surface area (Å²) < 4.78 is 29.8. The molecule has 15 nitrogen and oxygen atoms in total. The summed E-state index contributed by atoms with van der Waals surface area (Å²) in [6.45, 7) is 4.83. The fraction of sp³-hybridized carbons (Fsp3) is 0.422. The molecule has 2 unspecified atom stereocenters. The van der Waals surface area contributed by atoms with Crippen LogP contribution < -0.4 is 5.32 Å². The van der Waals surface area contributed by atoms with E-state index in [0.717, 1.165) is 13.8 Å². The van der Waals surface area contributed by atoms with Crippen LogP contribution in [0.4, 0.5) is 0 Å². The zero-order valence-electron chi connectivity index (χ0n) is 33.4. The van der Waals surface area contributed by atoms with Gasteiger partial charge in [0.15, 0.2) is 23.6 Å². The highest BCUT2D eigenvalue weighted by atomic mass is 16.6. The van der Waals surface area contributed by atoms with Crippen molar-refractivity contribution in [3.63, 3.8) is 0 Å². The molecule has 0 radical (unpaired) electrons. The summed E-state index contributed by atoms with van der Waals surface area (Å²) in [5, 5.41) is 39.5. The predicted molar refractivity (Wildman–Crippen MR) is 209 cm³/mol. The number of aliphatic hydroxyl groups is 3. The van der Waals surface area contributed by atoms with E-state index in [1.165, 1.54) is 26.0 Å². The molecule has 1 heterocycles. The quantitative estimate of drug-likeness (QED) is 0.131. The molecule has 1 saturated heterocycles. The van der Waals surface area contributed by atoms with Gasteiger partial charge in [-0.15, -0.1) is 0 Å². The number of Topliss-reactive ketones (excluding diaryl/α,β-unsaturated/α-hetero) is 1. The van der Waals surface area contributed by atoms with E-state index in [0.29, 0.717) is 5.56 Å². The summed E-state index contributed by atoms with van der Waals surface area (Å²) in [4.78, 5) is 82.4. The molecule has 7 rings (SSSR count). The number of benzene rings is 3. The molecule has 11 atom stereocenters. The molecule has 15 heteroatoms. The largest absolute Gasteiger partial charge is 0.456 e. The van der Waals surface area contributed by atoms with E-state index in [1.807, 2.05) is 0 Å². The standard InChI is InChI=1S/C45H47NO14/c1-24-30-21-44(55,22-31(24)58-42(54)35(50)34(27-14-8-5-9-15-27)46-40(52)28-16-10-6-11-17-28)39(59-41(53)29-18-12-7-13-19-29)37-43(4,38(51)36(30)57-25(2)47)32(49)20-33-45(37,23-56-33)60-26(3)48/h5-19,31-37,39,49-50,55H,20-23H2,1-4H3,(H,46,52)/t31-,32?,33+,34-,35+,36+,37?,39-,43+,44+,45-/m0/s1. The van der Waals surface area contributed by atoms with Gasteiger partial charge in [0.1, 0.15) is 23.9 Å². The SMILES string of the molecule is CC(=O)O[C@H]1C(=O)[C@]2(C)C(O)C[C@H]3OC[C@@]3(OC(C)=O)C2[C@H](OC(=O)c2ccccc2)[C@@]2(O)CC1=C(C)[C@@H](OC(=O)[C@H](O)[C@@H](NC(=O)c1ccccc1)c1ccccc1)C2. The smallest absolute Gasteiger partial charge is 0.338 e. The molecule has 3 fully saturated rings. The molecule has 4 aliphatic rings. The number of aliphatic hydroxyl groups excluding tert-OH is 2. The molecular weight excluding hydrogens is 778 g/mol. The van der Waals surface area contributed by atoms with Crippen LogP contribution in [0.3, 0.4) is 0 Å². The molecule has 1 aliphatic heterocycles. The maximum Gasteiger partial charge on any atom is 0.338 e. The normalized spacial score (nSPS) is 31.6. The summed E-state index contributed by atoms with van der Waals surface area (Å²) in [7, 11) is 0. The maximum absolute atomic E-state index is 15.2. The minimum atomic E-state index is -2.29. The van der Waals surface area contributed by atoms with E-state index in [2.05, 4.69) is 5.32 Å². The molecule has 0 aromatic heterocycles. The zero-order valence-corrected chi connectivity index (χ0v) is 33.4. The Balaban J connectivity index is 1.34. The number of hydrogen-bond donors (Lipinski definition) is 4. The summed E-state index contributed by atoms with van der Waals surface area (Å²) in [6.07, 6.45) is -10.7. The fourth-order valence-electron chi connectivity index (χ4n) is 9.41. The molecule has 3 aromatic rings. The minimum Gasteiger partial charge on any atom is -0.456 e. The number of carbonyl (C=O) groups excluding carboxylic acids is 6. The summed E-state index contributed by atoms with van der Waals surface area (Å²) >= 11 is 0. The number of ketones is 1. The highest BCUT2D eigenvalue weighted by molar-refractivity contribution is 5.96. The number of hydrogen-bond acceptors (Lipinski definition) is 14. The van der Waals surface area contributed by atoms with Crippen LogP contribution in [0, 0.1) is 11.3 Å². The number of carbonyl (C=O) groups is 6. The van der Waals surface area contributed by atoms with Gasteiger partial charge < -0.3 is 44.3 Å². The minimum absolute atomic E-state index is 0.00869. The van der Waals surface area contributed by atoms with Gasteiger partial charge in [0.2, 0.25) is 0 Å². The van der Waals surface area contributed by atoms with Crippen molar-refractivity contribution in [1.82, 2.24) is 5.32 Å². The van der Waals surface area contributed by atoms with E-state index >= 15 is 4.79 Å². The van der Waals surface area contributed by atoms with Crippen LogP contribution in [0.5, 0.6) is 0 Å². The Morgan fingerprint density at radius 3 is 2.02 bits per heavy atom. The first kappa shape index (κ1) is 42.4. The Morgan fingerprint density at radius 1 is 0.850 bits per heavy atom. The molecule has 0 spiro atoms. The van der Waals surface area contributed by atoms with Gasteiger partial charge >= 0.3 is 23.9 Å². The summed E-state index contributed by atoms with van der Waals surface area (Å²) in [6, 6.07) is 22.9. The average molecular weight is 826 g/mol. The lowest BCUT2D eigenvalue weighted by atomic mass is 9.48. The maximum atomic E-state index is 15.2. The van der Waals surface area contributed by atoms with Gasteiger partial charge in [-0.3, -0.25) is 19.2 Å². The Kier molecular flexibility index (Phi) is 11.6. The third kappa shape index (κ3) is 7.51. The molecule has 3 aliphatic carbocycles. The first-order chi connectivity index (χ1) is 28.5. The molecule has 316 valence electrons. The number of esters is 4. The van der Waals surface area contributed by atoms with Gasteiger partial charge in [-0.1, -0.05) is 66.7 Å². The van der Waals surface area contributed by atoms with Gasteiger partial charge in [0.05, 0.1) is 35.6 Å². The van der Waals surface area contributed by atoms with Crippen molar-refractivity contribution in [1.29, 1.82) is 0 Å². The Hall–Kier alpha value is -5.74. The lowest BCUT2D eigenvalue weighted by Gasteiger charge is -2.65. The van der Waals surface area contributed by atoms with Crippen LogP contribution in [-0.4, -0.2) is 105 Å². The summed E-state index contributed by atoms with van der Waals surface area (Å²) in [5.41, 5.74) is -5.14. The molecule has 1 amide bonds. The average Bonchev–Trinajstić information content (AvgIpc) is 3.23. The van der Waals surface area contributed by atoms with Crippen molar-refractivity contribution in [3.05, 3.63) is 119 Å². The Labute approximate surface area is 345 Å². The lowest BCUT2D eigenvalue weighted by molar-refractivity contribution is -0.340. The number of rotatable bonds is 10. The first-order valence-electron chi connectivity index (χ1n) is 19.7. The van der Waals surface area contributed by atoms with Crippen molar-refractivity contribution in [2.45, 2.75) is 101 Å². The van der Waals surface area contributed by atoms with Gasteiger partial charge in [0, 0.05) is 38.7 Å². The summed E-state index contributed by atoms with van der Waals surface area (Å²) in [5.74, 6) is -6.76. The van der Waals surface area contributed by atoms with Crippen molar-refractivity contribution in [2.24, 2.45) is 11.3 Å². The van der Waals surface area contributed by atoms with Gasteiger partial charge in [-0.05, 0) is 54.8 Å². The molecule has 2 saturated carbocycles. The van der Waals surface area contributed by atoms with Crippen LogP contribution >= 0.6 is 0 Å². The lowest BCUT2D eigenvalue weighted by Crippen LogP contribution is -2.80. The second-order valence-electron chi connectivity index (χ2n) is 16.2. The molecule has 3 aromatic carbocycles. The Morgan fingerprint density at radius 2 is 1.45 bits per heavy atom. The first-order valence-corrected chi connectivity index (χ1v) is 19.7. The van der Waals surface area contributed by atoms with Gasteiger partial charge in [0.25, 0.3) is 5.91 Å². The van der Waals surface area contributed by atoms with E-state index in [1.54, 1.807) is 78.9 Å². The fourth-order valence-corrected chi connectivity index (χ4v) is 9.41. The third-order valence-corrected chi connectivity index (χ3v) is 12.5. The molecular formula is C45H47NO14. The van der Waals surface area contributed by atoms with Crippen molar-refractivity contribution in [3.8, 4) is 0 Å². The van der Waals surface area contributed by atoms with Crippen LogP contribution in [-0.2, 0) is 42.9 Å². The van der Waals surface area contributed by atoms with Crippen molar-refractivity contribution >= 4 is 35.6 Å². The van der Waals surface area contributed by atoms with Gasteiger partial charge in [-0.25, -0.2) is 9.59 Å². The number of amides is 1. The topological polar surface area (TPSA) is 221 Å². The van der Waals surface area contributed by atoms with Crippen LogP contribution in [0.2, 0.25) is 0 Å². The van der Waals surface area contributed by atoms with Gasteiger partial charge in [-0.2, -0.15) is 0 Å². The van der Waals surface area contributed by atoms with Crippen molar-refractivity contribution in [2.75, 3.05) is 6.61 Å². The second kappa shape index (κ2) is 16.4. The van der Waals surface area contributed by atoms with E-state index in [9.17, 15) is 39.3 Å². The van der Waals surface area contributed by atoms with E-state index in [-0.39, 0.29) is 35.3 Å².